The molecule has 2 N–H and O–H groups in total. The minimum atomic E-state index is -0.861. The Labute approximate surface area is 170 Å². The first-order chi connectivity index (χ1) is 13.6. The number of unbranched alkanes of at least 4 members (excludes halogenated alkanes) is 12. The molecule has 28 heavy (non-hydrogen) atoms. The Morgan fingerprint density at radius 3 is 1.93 bits per heavy atom. The lowest BCUT2D eigenvalue weighted by Gasteiger charge is -2.03. The second-order valence-electron chi connectivity index (χ2n) is 8.29. The van der Waals surface area contributed by atoms with Gasteiger partial charge in [-0.3, -0.25) is 0 Å². The van der Waals surface area contributed by atoms with E-state index in [2.05, 4.69) is 18.8 Å². The smallest absolute Gasteiger partial charge is 0.335 e. The highest BCUT2D eigenvalue weighted by molar-refractivity contribution is 5.95. The predicted molar refractivity (Wildman–Crippen MR) is 119 cm³/mol. The van der Waals surface area contributed by atoms with E-state index in [0.717, 1.165) is 17.3 Å². The summed E-state index contributed by atoms with van der Waals surface area (Å²) in [5.41, 5.74) is 3.88. The highest BCUT2D eigenvalue weighted by Gasteiger charge is 2.10. The number of carbonyl (C=O) groups is 1. The fourth-order valence-corrected chi connectivity index (χ4v) is 4.08. The van der Waals surface area contributed by atoms with Crippen molar-refractivity contribution in [3.63, 3.8) is 0 Å². The van der Waals surface area contributed by atoms with Crippen molar-refractivity contribution in [1.29, 1.82) is 0 Å². The Hall–Kier alpha value is -1.77. The van der Waals surface area contributed by atoms with Crippen LogP contribution in [0.5, 0.6) is 0 Å². The quantitative estimate of drug-likeness (QED) is 0.307. The zero-order valence-electron chi connectivity index (χ0n) is 18.0. The fourth-order valence-electron chi connectivity index (χ4n) is 4.08. The molecule has 156 valence electrons. The molecule has 0 bridgehead atoms. The number of H-pyrrole nitrogens is 1. The van der Waals surface area contributed by atoms with Crippen LogP contribution in [0.1, 0.15) is 112 Å². The number of carboxylic acids is 1. The van der Waals surface area contributed by atoms with Gasteiger partial charge in [-0.1, -0.05) is 84.0 Å². The van der Waals surface area contributed by atoms with Crippen molar-refractivity contribution in [2.75, 3.05) is 0 Å². The molecule has 1 aromatic heterocycles. The third-order valence-electron chi connectivity index (χ3n) is 5.94. The molecule has 1 heterocycles. The molecule has 3 nitrogen and oxygen atoms in total. The number of carboxylic acid groups (broad SMARTS) is 1. The van der Waals surface area contributed by atoms with Gasteiger partial charge in [-0.15, -0.1) is 0 Å². The van der Waals surface area contributed by atoms with E-state index in [0.29, 0.717) is 5.56 Å². The van der Waals surface area contributed by atoms with Gasteiger partial charge in [0.1, 0.15) is 0 Å². The number of hydrogen-bond acceptors (Lipinski definition) is 1. The van der Waals surface area contributed by atoms with Crippen LogP contribution >= 0.6 is 0 Å². The minimum Gasteiger partial charge on any atom is -0.478 e. The summed E-state index contributed by atoms with van der Waals surface area (Å²) in [5.74, 6) is -0.861. The van der Waals surface area contributed by atoms with Gasteiger partial charge in [-0.2, -0.15) is 0 Å². The Morgan fingerprint density at radius 1 is 0.857 bits per heavy atom. The first kappa shape index (κ1) is 22.5. The second kappa shape index (κ2) is 12.6. The summed E-state index contributed by atoms with van der Waals surface area (Å²) in [6.45, 7) is 4.38. The van der Waals surface area contributed by atoms with E-state index in [1.165, 1.54) is 94.7 Å². The molecule has 0 radical (unpaired) electrons. The molecular formula is C25H39NO2. The van der Waals surface area contributed by atoms with Gasteiger partial charge >= 0.3 is 5.97 Å². The van der Waals surface area contributed by atoms with Crippen molar-refractivity contribution in [2.45, 2.75) is 104 Å². The molecular weight excluding hydrogens is 346 g/mol. The van der Waals surface area contributed by atoms with Crippen LogP contribution in [-0.4, -0.2) is 16.1 Å². The monoisotopic (exact) mass is 385 g/mol. The van der Waals surface area contributed by atoms with E-state index >= 15 is 0 Å². The lowest BCUT2D eigenvalue weighted by atomic mass is 10.0. The van der Waals surface area contributed by atoms with Gasteiger partial charge < -0.3 is 10.1 Å². The first-order valence-electron chi connectivity index (χ1n) is 11.5. The molecule has 0 spiro atoms. The molecule has 0 aliphatic rings. The molecule has 0 saturated carbocycles. The lowest BCUT2D eigenvalue weighted by molar-refractivity contribution is 0.0697. The number of rotatable bonds is 15. The van der Waals surface area contributed by atoms with Crippen molar-refractivity contribution >= 4 is 16.9 Å². The van der Waals surface area contributed by atoms with E-state index in [4.69, 9.17) is 5.11 Å². The van der Waals surface area contributed by atoms with Crippen molar-refractivity contribution in [2.24, 2.45) is 0 Å². The maximum absolute atomic E-state index is 11.2. The van der Waals surface area contributed by atoms with Crippen LogP contribution in [0.2, 0.25) is 0 Å². The third kappa shape index (κ3) is 7.33. The highest BCUT2D eigenvalue weighted by Crippen LogP contribution is 2.24. The van der Waals surface area contributed by atoms with Gasteiger partial charge in [-0.05, 0) is 43.5 Å². The van der Waals surface area contributed by atoms with Crippen molar-refractivity contribution < 1.29 is 9.90 Å². The molecule has 0 unspecified atom stereocenters. The number of aromatic amines is 1. The van der Waals surface area contributed by atoms with Crippen LogP contribution < -0.4 is 0 Å². The lowest BCUT2D eigenvalue weighted by Crippen LogP contribution is -1.94. The molecule has 0 aliphatic carbocycles. The SMILES string of the molecule is CCCCCCCCCCCCCCCc1[nH]c2ccc(C(=O)O)cc2c1C. The molecule has 3 heteroatoms. The van der Waals surface area contributed by atoms with Crippen LogP contribution in [0, 0.1) is 6.92 Å². The van der Waals surface area contributed by atoms with Crippen LogP contribution in [0.25, 0.3) is 10.9 Å². The molecule has 0 fully saturated rings. The number of benzene rings is 1. The van der Waals surface area contributed by atoms with E-state index < -0.39 is 5.97 Å². The standard InChI is InChI=1S/C25H39NO2/c1-3-4-5-6-7-8-9-10-11-12-13-14-15-16-23-20(2)22-19-21(25(27)28)17-18-24(22)26-23/h17-19,26H,3-16H2,1-2H3,(H,27,28). The molecule has 0 atom stereocenters. The summed E-state index contributed by atoms with van der Waals surface area (Å²) in [4.78, 5) is 14.6. The summed E-state index contributed by atoms with van der Waals surface area (Å²) in [6.07, 6.45) is 18.9. The molecule has 0 aliphatic heterocycles. The average Bonchev–Trinajstić information content (AvgIpc) is 3.00. The zero-order valence-corrected chi connectivity index (χ0v) is 18.0. The number of nitrogens with one attached hydrogen (secondary N) is 1. The minimum absolute atomic E-state index is 0.363. The number of aromatic carboxylic acids is 1. The first-order valence-corrected chi connectivity index (χ1v) is 11.5. The fraction of sp³-hybridized carbons (Fsp3) is 0.640. The molecule has 0 amide bonds. The summed E-state index contributed by atoms with van der Waals surface area (Å²) in [5, 5.41) is 10.2. The van der Waals surface area contributed by atoms with E-state index in [1.807, 2.05) is 6.07 Å². The second-order valence-corrected chi connectivity index (χ2v) is 8.29. The number of fused-ring (bicyclic) bond motifs is 1. The van der Waals surface area contributed by atoms with Gasteiger partial charge in [0, 0.05) is 16.6 Å². The zero-order chi connectivity index (χ0) is 20.2. The molecule has 2 aromatic rings. The summed E-state index contributed by atoms with van der Waals surface area (Å²) >= 11 is 0. The Bertz CT molecular complexity index is 717. The van der Waals surface area contributed by atoms with Crippen molar-refractivity contribution in [3.05, 3.63) is 35.0 Å². The van der Waals surface area contributed by atoms with Crippen LogP contribution in [0.3, 0.4) is 0 Å². The summed E-state index contributed by atoms with van der Waals surface area (Å²) < 4.78 is 0. The van der Waals surface area contributed by atoms with Crippen LogP contribution in [0.4, 0.5) is 0 Å². The summed E-state index contributed by atoms with van der Waals surface area (Å²) in [7, 11) is 0. The largest absolute Gasteiger partial charge is 0.478 e. The van der Waals surface area contributed by atoms with Crippen LogP contribution in [-0.2, 0) is 6.42 Å². The molecule has 2 rings (SSSR count). The van der Waals surface area contributed by atoms with Gasteiger partial charge in [0.2, 0.25) is 0 Å². The van der Waals surface area contributed by atoms with E-state index in [9.17, 15) is 4.79 Å². The van der Waals surface area contributed by atoms with Crippen molar-refractivity contribution in [3.8, 4) is 0 Å². The van der Waals surface area contributed by atoms with Gasteiger partial charge in [0.15, 0.2) is 0 Å². The van der Waals surface area contributed by atoms with Crippen molar-refractivity contribution in [1.82, 2.24) is 4.98 Å². The normalized spacial score (nSPS) is 11.4. The maximum Gasteiger partial charge on any atom is 0.335 e. The summed E-state index contributed by atoms with van der Waals surface area (Å²) in [6, 6.07) is 5.35. The highest BCUT2D eigenvalue weighted by atomic mass is 16.4. The number of aryl methyl sites for hydroxylation is 2. The Balaban J connectivity index is 1.56. The van der Waals surface area contributed by atoms with E-state index in [1.54, 1.807) is 12.1 Å². The van der Waals surface area contributed by atoms with Gasteiger partial charge in [0.05, 0.1) is 5.56 Å². The maximum atomic E-state index is 11.2. The number of hydrogen-bond donors (Lipinski definition) is 2. The number of aromatic nitrogens is 1. The average molecular weight is 386 g/mol. The van der Waals surface area contributed by atoms with E-state index in [-0.39, 0.29) is 0 Å². The Morgan fingerprint density at radius 2 is 1.39 bits per heavy atom. The predicted octanol–water partition coefficient (Wildman–Crippen LogP) is 7.81. The third-order valence-corrected chi connectivity index (χ3v) is 5.94. The van der Waals surface area contributed by atoms with Gasteiger partial charge in [0.25, 0.3) is 0 Å². The molecule has 0 saturated heterocycles. The Kier molecular flexibility index (Phi) is 10.2. The van der Waals surface area contributed by atoms with Crippen LogP contribution in [0.15, 0.2) is 18.2 Å². The topological polar surface area (TPSA) is 53.1 Å². The molecule has 1 aromatic carbocycles. The van der Waals surface area contributed by atoms with Gasteiger partial charge in [-0.25, -0.2) is 4.79 Å².